The van der Waals surface area contributed by atoms with Crippen LogP contribution in [0.1, 0.15) is 46.7 Å². The van der Waals surface area contributed by atoms with Crippen LogP contribution in [-0.4, -0.2) is 67.3 Å². The summed E-state index contributed by atoms with van der Waals surface area (Å²) in [5, 5.41) is 3.95. The second-order valence-corrected chi connectivity index (χ2v) is 8.38. The molecule has 0 bridgehead atoms. The second kappa shape index (κ2) is 7.38. The van der Waals surface area contributed by atoms with E-state index in [0.29, 0.717) is 17.0 Å². The Morgan fingerprint density at radius 3 is 2.81 bits per heavy atom. The second-order valence-electron chi connectivity index (χ2n) is 7.62. The number of H-pyrrole nitrogens is 1. The van der Waals surface area contributed by atoms with E-state index in [1.54, 1.807) is 6.33 Å². The van der Waals surface area contributed by atoms with Crippen LogP contribution in [0.25, 0.3) is 0 Å². The SMILES string of the molecule is Cc1nnsc1C(=O)N1CCC2(CCC(=O)N(CCc3cnc[nH]3)C2)CC1. The van der Waals surface area contributed by atoms with Crippen LogP contribution in [0.2, 0.25) is 0 Å². The summed E-state index contributed by atoms with van der Waals surface area (Å²) in [7, 11) is 0. The van der Waals surface area contributed by atoms with Crippen molar-refractivity contribution in [2.24, 2.45) is 5.41 Å². The number of aromatic nitrogens is 4. The van der Waals surface area contributed by atoms with Crippen molar-refractivity contribution < 1.29 is 9.59 Å². The van der Waals surface area contributed by atoms with Gasteiger partial charge in [0.25, 0.3) is 5.91 Å². The average molecular weight is 388 g/mol. The number of hydrogen-bond donors (Lipinski definition) is 1. The molecule has 1 N–H and O–H groups in total. The van der Waals surface area contributed by atoms with Crippen LogP contribution >= 0.6 is 11.5 Å². The van der Waals surface area contributed by atoms with Gasteiger partial charge in [-0.15, -0.1) is 5.10 Å². The first-order valence-electron chi connectivity index (χ1n) is 9.40. The zero-order valence-electron chi connectivity index (χ0n) is 15.5. The Morgan fingerprint density at radius 1 is 1.33 bits per heavy atom. The topological polar surface area (TPSA) is 95.1 Å². The van der Waals surface area contributed by atoms with Crippen molar-refractivity contribution in [2.45, 2.75) is 39.0 Å². The van der Waals surface area contributed by atoms with Crippen LogP contribution in [0.4, 0.5) is 0 Å². The van der Waals surface area contributed by atoms with Gasteiger partial charge in [0.05, 0.1) is 12.0 Å². The molecule has 4 rings (SSSR count). The normalized spacial score (nSPS) is 19.7. The Hall–Kier alpha value is -2.29. The summed E-state index contributed by atoms with van der Waals surface area (Å²) in [5.74, 6) is 0.283. The van der Waals surface area contributed by atoms with Crippen molar-refractivity contribution in [1.29, 1.82) is 0 Å². The maximum atomic E-state index is 12.7. The first-order valence-corrected chi connectivity index (χ1v) is 10.2. The number of piperidine rings is 2. The molecule has 2 saturated heterocycles. The third-order valence-electron chi connectivity index (χ3n) is 5.91. The van der Waals surface area contributed by atoms with E-state index in [9.17, 15) is 9.59 Å². The molecule has 0 radical (unpaired) electrons. The van der Waals surface area contributed by atoms with Crippen molar-refractivity contribution in [3.8, 4) is 0 Å². The molecule has 2 fully saturated rings. The molecule has 0 aromatic carbocycles. The number of nitrogens with one attached hydrogen (secondary N) is 1. The Bertz CT molecular complexity index is 810. The van der Waals surface area contributed by atoms with Crippen molar-refractivity contribution in [1.82, 2.24) is 29.4 Å². The van der Waals surface area contributed by atoms with Crippen molar-refractivity contribution >= 4 is 23.3 Å². The molecule has 4 heterocycles. The van der Waals surface area contributed by atoms with Crippen LogP contribution in [0.5, 0.6) is 0 Å². The minimum absolute atomic E-state index is 0.0420. The van der Waals surface area contributed by atoms with Gasteiger partial charge in [-0.25, -0.2) is 4.98 Å². The Labute approximate surface area is 162 Å². The Morgan fingerprint density at radius 2 is 2.15 bits per heavy atom. The number of likely N-dealkylation sites (tertiary alicyclic amines) is 2. The zero-order valence-corrected chi connectivity index (χ0v) is 16.3. The number of aryl methyl sites for hydroxylation is 1. The minimum Gasteiger partial charge on any atom is -0.348 e. The van der Waals surface area contributed by atoms with Gasteiger partial charge < -0.3 is 14.8 Å². The molecule has 0 unspecified atom stereocenters. The van der Waals surface area contributed by atoms with E-state index in [0.717, 1.165) is 57.6 Å². The molecule has 0 aliphatic carbocycles. The van der Waals surface area contributed by atoms with E-state index in [-0.39, 0.29) is 17.2 Å². The van der Waals surface area contributed by atoms with Gasteiger partial charge in [0, 0.05) is 50.9 Å². The fourth-order valence-electron chi connectivity index (χ4n) is 4.15. The number of hydrogen-bond acceptors (Lipinski definition) is 6. The molecular formula is C18H24N6O2S. The molecule has 0 atom stereocenters. The van der Waals surface area contributed by atoms with Gasteiger partial charge in [0.15, 0.2) is 0 Å². The van der Waals surface area contributed by atoms with E-state index < -0.39 is 0 Å². The molecule has 8 nitrogen and oxygen atoms in total. The molecule has 2 aromatic rings. The highest BCUT2D eigenvalue weighted by Gasteiger charge is 2.41. The van der Waals surface area contributed by atoms with Crippen LogP contribution in [0.15, 0.2) is 12.5 Å². The summed E-state index contributed by atoms with van der Waals surface area (Å²) < 4.78 is 3.87. The lowest BCUT2D eigenvalue weighted by Crippen LogP contribution is -2.52. The predicted octanol–water partition coefficient (Wildman–Crippen LogP) is 1.66. The zero-order chi connectivity index (χ0) is 18.9. The quantitative estimate of drug-likeness (QED) is 0.859. The first kappa shape index (κ1) is 18.1. The maximum absolute atomic E-state index is 12.7. The highest BCUT2D eigenvalue weighted by atomic mass is 32.1. The molecule has 2 amide bonds. The Balaban J connectivity index is 1.36. The van der Waals surface area contributed by atoms with E-state index in [1.165, 1.54) is 11.5 Å². The maximum Gasteiger partial charge on any atom is 0.267 e. The third kappa shape index (κ3) is 3.73. The number of rotatable bonds is 4. The van der Waals surface area contributed by atoms with Crippen LogP contribution in [-0.2, 0) is 11.2 Å². The molecule has 9 heteroatoms. The summed E-state index contributed by atoms with van der Waals surface area (Å²) in [4.78, 5) is 36.7. The van der Waals surface area contributed by atoms with Crippen LogP contribution < -0.4 is 0 Å². The average Bonchev–Trinajstić information content (AvgIpc) is 3.34. The van der Waals surface area contributed by atoms with Crippen LogP contribution in [0.3, 0.4) is 0 Å². The minimum atomic E-state index is 0.0420. The number of carbonyl (C=O) groups excluding carboxylic acids is 2. The molecule has 2 aliphatic rings. The number of imidazole rings is 1. The summed E-state index contributed by atoms with van der Waals surface area (Å²) in [6.45, 7) is 4.81. The molecule has 0 saturated carbocycles. The highest BCUT2D eigenvalue weighted by molar-refractivity contribution is 7.07. The lowest BCUT2D eigenvalue weighted by atomic mass is 9.72. The third-order valence-corrected chi connectivity index (χ3v) is 6.73. The Kier molecular flexibility index (Phi) is 4.94. The van der Waals surface area contributed by atoms with Crippen LogP contribution in [0, 0.1) is 12.3 Å². The molecule has 2 aromatic heterocycles. The molecule has 144 valence electrons. The van der Waals surface area contributed by atoms with Gasteiger partial charge in [0.1, 0.15) is 4.88 Å². The molecular weight excluding hydrogens is 364 g/mol. The van der Waals surface area contributed by atoms with E-state index in [2.05, 4.69) is 19.6 Å². The molecule has 1 spiro atoms. The van der Waals surface area contributed by atoms with Crippen molar-refractivity contribution in [3.63, 3.8) is 0 Å². The summed E-state index contributed by atoms with van der Waals surface area (Å²) in [5.41, 5.74) is 1.90. The predicted molar refractivity (Wildman–Crippen MR) is 100 cm³/mol. The van der Waals surface area contributed by atoms with Crippen molar-refractivity contribution in [3.05, 3.63) is 28.8 Å². The molecule has 2 aliphatic heterocycles. The van der Waals surface area contributed by atoms with Gasteiger partial charge in [-0.2, -0.15) is 0 Å². The lowest BCUT2D eigenvalue weighted by Gasteiger charge is -2.47. The van der Waals surface area contributed by atoms with Gasteiger partial charge in [-0.1, -0.05) is 4.49 Å². The summed E-state index contributed by atoms with van der Waals surface area (Å²) in [6, 6.07) is 0. The van der Waals surface area contributed by atoms with Gasteiger partial charge >= 0.3 is 0 Å². The first-order chi connectivity index (χ1) is 13.1. The van der Waals surface area contributed by atoms with Gasteiger partial charge in [-0.05, 0) is 43.1 Å². The summed E-state index contributed by atoms with van der Waals surface area (Å²) in [6.07, 6.45) is 7.69. The van der Waals surface area contributed by atoms with E-state index in [4.69, 9.17) is 0 Å². The fraction of sp³-hybridized carbons (Fsp3) is 0.611. The highest BCUT2D eigenvalue weighted by Crippen LogP contribution is 2.40. The largest absolute Gasteiger partial charge is 0.348 e. The van der Waals surface area contributed by atoms with Gasteiger partial charge in [0.2, 0.25) is 5.91 Å². The smallest absolute Gasteiger partial charge is 0.267 e. The van der Waals surface area contributed by atoms with E-state index >= 15 is 0 Å². The number of carbonyl (C=O) groups is 2. The van der Waals surface area contributed by atoms with E-state index in [1.807, 2.05) is 22.9 Å². The number of nitrogens with zero attached hydrogens (tertiary/aromatic N) is 5. The number of amides is 2. The summed E-state index contributed by atoms with van der Waals surface area (Å²) >= 11 is 1.17. The fourth-order valence-corrected chi connectivity index (χ4v) is 4.77. The monoisotopic (exact) mass is 388 g/mol. The van der Waals surface area contributed by atoms with Crippen molar-refractivity contribution in [2.75, 3.05) is 26.2 Å². The lowest BCUT2D eigenvalue weighted by molar-refractivity contribution is -0.138. The number of aromatic amines is 1. The standard InChI is InChI=1S/C18H24N6O2S/c1-13-16(27-22-21-13)17(26)23-8-5-18(6-9-23)4-2-15(25)24(11-18)7-3-14-10-19-12-20-14/h10,12H,2-9,11H2,1H3,(H,19,20). The molecule has 27 heavy (non-hydrogen) atoms. The van der Waals surface area contributed by atoms with Gasteiger partial charge in [-0.3, -0.25) is 9.59 Å².